The van der Waals surface area contributed by atoms with Crippen LogP contribution >= 0.6 is 0 Å². The van der Waals surface area contributed by atoms with E-state index >= 15 is 0 Å². The molecule has 1 heterocycles. The molecule has 0 bridgehead atoms. The summed E-state index contributed by atoms with van der Waals surface area (Å²) in [5.41, 5.74) is 0.654. The Hall–Kier alpha value is -2.11. The van der Waals surface area contributed by atoms with Crippen LogP contribution in [0.2, 0.25) is 0 Å². The molecule has 0 aliphatic rings. The highest BCUT2D eigenvalue weighted by Crippen LogP contribution is 2.20. The van der Waals surface area contributed by atoms with E-state index in [-0.39, 0.29) is 19.6 Å². The van der Waals surface area contributed by atoms with Crippen LogP contribution in [0.3, 0.4) is 0 Å². The van der Waals surface area contributed by atoms with Crippen molar-refractivity contribution in [3.8, 4) is 5.88 Å². The van der Waals surface area contributed by atoms with Gasteiger partial charge in [0.15, 0.2) is 5.92 Å². The molecule has 0 fully saturated rings. The summed E-state index contributed by atoms with van der Waals surface area (Å²) in [6.07, 6.45) is 1.71. The zero-order valence-electron chi connectivity index (χ0n) is 11.9. The first-order chi connectivity index (χ1) is 9.63. The lowest BCUT2D eigenvalue weighted by molar-refractivity contribution is -0.161. The standard InChI is InChI=1S/C14H19NO5/c1-4-19-13(16)11(14(17)20-5-2)9-10-7-6-8-15-12(10)18-3/h6-8,11H,4-5,9H2,1-3H3. The second-order valence-electron chi connectivity index (χ2n) is 3.93. The van der Waals surface area contributed by atoms with Crippen molar-refractivity contribution < 1.29 is 23.8 Å². The molecule has 0 saturated carbocycles. The van der Waals surface area contributed by atoms with Gasteiger partial charge in [-0.15, -0.1) is 0 Å². The van der Waals surface area contributed by atoms with Gasteiger partial charge < -0.3 is 14.2 Å². The summed E-state index contributed by atoms with van der Waals surface area (Å²) < 4.78 is 14.9. The normalized spacial score (nSPS) is 10.2. The third-order valence-electron chi connectivity index (χ3n) is 2.61. The lowest BCUT2D eigenvalue weighted by Crippen LogP contribution is -2.30. The lowest BCUT2D eigenvalue weighted by Gasteiger charge is -2.15. The van der Waals surface area contributed by atoms with Gasteiger partial charge in [0, 0.05) is 18.2 Å². The molecule has 0 aliphatic carbocycles. The van der Waals surface area contributed by atoms with Gasteiger partial charge in [-0.1, -0.05) is 6.07 Å². The van der Waals surface area contributed by atoms with Gasteiger partial charge >= 0.3 is 11.9 Å². The summed E-state index contributed by atoms with van der Waals surface area (Å²) in [5.74, 6) is -1.83. The Morgan fingerprint density at radius 2 is 1.80 bits per heavy atom. The first-order valence-corrected chi connectivity index (χ1v) is 6.45. The van der Waals surface area contributed by atoms with E-state index in [4.69, 9.17) is 14.2 Å². The maximum absolute atomic E-state index is 11.9. The predicted molar refractivity (Wildman–Crippen MR) is 71.2 cm³/mol. The number of esters is 2. The summed E-state index contributed by atoms with van der Waals surface area (Å²) >= 11 is 0. The molecule has 0 saturated heterocycles. The van der Waals surface area contributed by atoms with Gasteiger partial charge in [0.1, 0.15) is 0 Å². The van der Waals surface area contributed by atoms with E-state index in [0.29, 0.717) is 11.4 Å². The summed E-state index contributed by atoms with van der Waals surface area (Å²) in [6.45, 7) is 3.79. The number of rotatable bonds is 7. The quantitative estimate of drug-likeness (QED) is 0.555. The molecule has 1 aromatic heterocycles. The fourth-order valence-corrected chi connectivity index (χ4v) is 1.73. The number of carbonyl (C=O) groups excluding carboxylic acids is 2. The summed E-state index contributed by atoms with van der Waals surface area (Å²) in [4.78, 5) is 27.8. The van der Waals surface area contributed by atoms with Gasteiger partial charge in [0.25, 0.3) is 0 Å². The minimum absolute atomic E-state index is 0.134. The first-order valence-electron chi connectivity index (χ1n) is 6.45. The van der Waals surface area contributed by atoms with Crippen molar-refractivity contribution in [3.63, 3.8) is 0 Å². The van der Waals surface area contributed by atoms with Crippen molar-refractivity contribution in [3.05, 3.63) is 23.9 Å². The minimum Gasteiger partial charge on any atom is -0.481 e. The van der Waals surface area contributed by atoms with Crippen LogP contribution in [0.4, 0.5) is 0 Å². The third-order valence-corrected chi connectivity index (χ3v) is 2.61. The molecule has 6 heteroatoms. The third kappa shape index (κ3) is 4.22. The van der Waals surface area contributed by atoms with Gasteiger partial charge in [0.05, 0.1) is 20.3 Å². The number of pyridine rings is 1. The van der Waals surface area contributed by atoms with Crippen LogP contribution in [0.25, 0.3) is 0 Å². The average molecular weight is 281 g/mol. The smallest absolute Gasteiger partial charge is 0.320 e. The molecule has 6 nitrogen and oxygen atoms in total. The van der Waals surface area contributed by atoms with E-state index in [1.807, 2.05) is 0 Å². The number of carbonyl (C=O) groups is 2. The highest BCUT2D eigenvalue weighted by atomic mass is 16.6. The van der Waals surface area contributed by atoms with Crippen molar-refractivity contribution in [2.75, 3.05) is 20.3 Å². The number of hydrogen-bond acceptors (Lipinski definition) is 6. The van der Waals surface area contributed by atoms with Crippen LogP contribution in [0.5, 0.6) is 5.88 Å². The van der Waals surface area contributed by atoms with Crippen molar-refractivity contribution in [2.45, 2.75) is 20.3 Å². The monoisotopic (exact) mass is 281 g/mol. The van der Waals surface area contributed by atoms with E-state index in [1.165, 1.54) is 7.11 Å². The van der Waals surface area contributed by atoms with Gasteiger partial charge in [0.2, 0.25) is 5.88 Å². The van der Waals surface area contributed by atoms with Crippen molar-refractivity contribution in [1.82, 2.24) is 4.98 Å². The Bertz CT molecular complexity index is 443. The Balaban J connectivity index is 2.93. The SMILES string of the molecule is CCOC(=O)C(Cc1cccnc1OC)C(=O)OCC. The van der Waals surface area contributed by atoms with Gasteiger partial charge in [-0.05, 0) is 19.9 Å². The summed E-state index contributed by atoms with van der Waals surface area (Å²) in [7, 11) is 1.48. The fourth-order valence-electron chi connectivity index (χ4n) is 1.73. The lowest BCUT2D eigenvalue weighted by atomic mass is 10.0. The Kier molecular flexibility index (Phi) is 6.49. The van der Waals surface area contributed by atoms with Gasteiger partial charge in [-0.3, -0.25) is 9.59 Å². The molecule has 1 rings (SSSR count). The van der Waals surface area contributed by atoms with Crippen LogP contribution in [0.15, 0.2) is 18.3 Å². The molecular formula is C14H19NO5. The van der Waals surface area contributed by atoms with Gasteiger partial charge in [-0.2, -0.15) is 0 Å². The zero-order chi connectivity index (χ0) is 15.0. The molecule has 20 heavy (non-hydrogen) atoms. The number of nitrogens with zero attached hydrogens (tertiary/aromatic N) is 1. The van der Waals surface area contributed by atoms with Crippen LogP contribution in [0, 0.1) is 5.92 Å². The van der Waals surface area contributed by atoms with E-state index in [1.54, 1.807) is 32.2 Å². The molecular weight excluding hydrogens is 262 g/mol. The van der Waals surface area contributed by atoms with Gasteiger partial charge in [-0.25, -0.2) is 4.98 Å². The number of hydrogen-bond donors (Lipinski definition) is 0. The van der Waals surface area contributed by atoms with E-state index in [9.17, 15) is 9.59 Å². The van der Waals surface area contributed by atoms with Crippen LogP contribution in [-0.2, 0) is 25.5 Å². The zero-order valence-corrected chi connectivity index (χ0v) is 11.9. The molecule has 0 aromatic carbocycles. The molecule has 0 spiro atoms. The van der Waals surface area contributed by atoms with E-state index in [2.05, 4.69) is 4.98 Å². The van der Waals surface area contributed by atoms with Crippen LogP contribution < -0.4 is 4.74 Å². The maximum atomic E-state index is 11.9. The second kappa shape index (κ2) is 8.14. The minimum atomic E-state index is -1.01. The summed E-state index contributed by atoms with van der Waals surface area (Å²) in [6, 6.07) is 3.46. The van der Waals surface area contributed by atoms with Crippen molar-refractivity contribution >= 4 is 11.9 Å². The Labute approximate surface area is 118 Å². The maximum Gasteiger partial charge on any atom is 0.320 e. The van der Waals surface area contributed by atoms with Crippen LogP contribution in [-0.4, -0.2) is 37.2 Å². The molecule has 110 valence electrons. The number of aromatic nitrogens is 1. The fraction of sp³-hybridized carbons (Fsp3) is 0.500. The Morgan fingerprint density at radius 3 is 2.30 bits per heavy atom. The molecule has 1 aromatic rings. The Morgan fingerprint density at radius 1 is 1.20 bits per heavy atom. The molecule has 0 aliphatic heterocycles. The van der Waals surface area contributed by atoms with Crippen LogP contribution in [0.1, 0.15) is 19.4 Å². The number of ether oxygens (including phenoxy) is 3. The predicted octanol–water partition coefficient (Wildman–Crippen LogP) is 1.38. The van der Waals surface area contributed by atoms with Crippen molar-refractivity contribution in [2.24, 2.45) is 5.92 Å². The van der Waals surface area contributed by atoms with E-state index < -0.39 is 17.9 Å². The molecule has 0 unspecified atom stereocenters. The highest BCUT2D eigenvalue weighted by molar-refractivity contribution is 5.95. The topological polar surface area (TPSA) is 74.7 Å². The van der Waals surface area contributed by atoms with Crippen molar-refractivity contribution in [1.29, 1.82) is 0 Å². The average Bonchev–Trinajstić information content (AvgIpc) is 2.45. The largest absolute Gasteiger partial charge is 0.481 e. The summed E-state index contributed by atoms with van der Waals surface area (Å²) in [5, 5.41) is 0. The molecule has 0 radical (unpaired) electrons. The molecule has 0 amide bonds. The van der Waals surface area contributed by atoms with E-state index in [0.717, 1.165) is 0 Å². The first kappa shape index (κ1) is 15.9. The molecule has 0 atom stereocenters. The number of methoxy groups -OCH3 is 1. The highest BCUT2D eigenvalue weighted by Gasteiger charge is 2.30. The molecule has 0 N–H and O–H groups in total. The second-order valence-corrected chi connectivity index (χ2v) is 3.93.